The van der Waals surface area contributed by atoms with Crippen LogP contribution in [0.1, 0.15) is 33.2 Å². The molecule has 0 aliphatic rings. The topological polar surface area (TPSA) is 177 Å². The van der Waals surface area contributed by atoms with Crippen LogP contribution in [0.15, 0.2) is 30.6 Å². The number of hydrogen-bond acceptors (Lipinski definition) is 12. The Hall–Kier alpha value is -2.65. The summed E-state index contributed by atoms with van der Waals surface area (Å²) in [5.74, 6) is 0.445. The molecule has 2 heterocycles. The second-order valence-electron chi connectivity index (χ2n) is 8.58. The fraction of sp³-hybridized carbons (Fsp3) is 0.478. The largest absolute Gasteiger partial charge is 0.465 e. The second-order valence-corrected chi connectivity index (χ2v) is 11.3. The van der Waals surface area contributed by atoms with Gasteiger partial charge in [0.15, 0.2) is 17.0 Å². The van der Waals surface area contributed by atoms with Crippen LogP contribution in [0, 0.1) is 0 Å². The van der Waals surface area contributed by atoms with Crippen molar-refractivity contribution >= 4 is 60.0 Å². The van der Waals surface area contributed by atoms with Crippen molar-refractivity contribution in [1.29, 1.82) is 0 Å². The number of anilines is 2. The number of nitrogens with one attached hydrogen (secondary N) is 3. The molecule has 0 fully saturated rings. The first-order chi connectivity index (χ1) is 19.1. The summed E-state index contributed by atoms with van der Waals surface area (Å²) in [6, 6.07) is 6.02. The molecule has 0 aliphatic carbocycles. The Labute approximate surface area is 241 Å². The van der Waals surface area contributed by atoms with Gasteiger partial charge in [-0.1, -0.05) is 11.6 Å². The average molecular weight is 617 g/mol. The van der Waals surface area contributed by atoms with Crippen molar-refractivity contribution < 1.29 is 27.5 Å². The van der Waals surface area contributed by atoms with Gasteiger partial charge < -0.3 is 28.8 Å². The smallest absolute Gasteiger partial charge is 0.323 e. The van der Waals surface area contributed by atoms with Crippen molar-refractivity contribution in [3.8, 4) is 5.75 Å². The molecule has 0 saturated heterocycles. The van der Waals surface area contributed by atoms with Gasteiger partial charge in [-0.05, 0) is 51.5 Å². The van der Waals surface area contributed by atoms with Gasteiger partial charge >= 0.3 is 14.5 Å². The van der Waals surface area contributed by atoms with E-state index < -0.39 is 31.5 Å². The van der Waals surface area contributed by atoms with Crippen molar-refractivity contribution in [2.45, 2.75) is 45.4 Å². The predicted molar refractivity (Wildman–Crippen MR) is 155 cm³/mol. The third kappa shape index (κ3) is 9.20. The number of nitrogens with two attached hydrogens (primary N) is 1. The number of hydrogen-bond donors (Lipinski definition) is 4. The molecule has 220 valence electrons. The van der Waals surface area contributed by atoms with Crippen LogP contribution in [0.25, 0.3) is 11.2 Å². The van der Waals surface area contributed by atoms with Crippen LogP contribution in [-0.2, 0) is 29.8 Å². The zero-order valence-corrected chi connectivity index (χ0v) is 25.3. The van der Waals surface area contributed by atoms with Gasteiger partial charge in [0, 0.05) is 24.4 Å². The Morgan fingerprint density at radius 2 is 1.98 bits per heavy atom. The molecule has 5 atom stereocenters. The van der Waals surface area contributed by atoms with E-state index in [0.717, 1.165) is 0 Å². The zero-order valence-electron chi connectivity index (χ0n) is 22.8. The number of carbonyl (C=O) groups excluding carboxylic acids is 1. The van der Waals surface area contributed by atoms with Gasteiger partial charge in [-0.2, -0.15) is 14.8 Å². The highest BCUT2D eigenvalue weighted by Gasteiger charge is 2.25. The summed E-state index contributed by atoms with van der Waals surface area (Å²) in [5.41, 5.74) is 9.63. The Morgan fingerprint density at radius 1 is 1.25 bits per heavy atom. The van der Waals surface area contributed by atoms with Crippen LogP contribution in [0.3, 0.4) is 0 Å². The minimum absolute atomic E-state index is 0.0334. The number of esters is 1. The van der Waals surface area contributed by atoms with Crippen LogP contribution in [0.2, 0.25) is 5.02 Å². The Balaban J connectivity index is 1.70. The van der Waals surface area contributed by atoms with E-state index in [2.05, 4.69) is 30.3 Å². The lowest BCUT2D eigenvalue weighted by Gasteiger charge is -2.25. The number of rotatable bonds is 16. The molecule has 1 aromatic carbocycles. The van der Waals surface area contributed by atoms with E-state index >= 15 is 0 Å². The molecule has 0 amide bonds. The normalized spacial score (nSPS) is 15.2. The maximum Gasteiger partial charge on any atom is 0.323 e. The maximum atomic E-state index is 12.2. The highest BCUT2D eigenvalue weighted by molar-refractivity contribution is 7.82. The number of fused-ring (bicyclic) bond motifs is 1. The number of ether oxygens (including phenoxy) is 2. The number of halogens is 1. The van der Waals surface area contributed by atoms with E-state index in [1.54, 1.807) is 51.6 Å². The van der Waals surface area contributed by atoms with E-state index in [9.17, 15) is 9.00 Å². The number of nitrogens with zero attached hydrogens (tertiary/aromatic N) is 4. The van der Waals surface area contributed by atoms with Crippen LogP contribution in [0.5, 0.6) is 5.75 Å². The molecule has 14 nitrogen and oxygen atoms in total. The first-order valence-corrected chi connectivity index (χ1v) is 15.4. The number of aromatic nitrogens is 4. The number of nitrogen functional groups attached to an aromatic ring is 1. The third-order valence-electron chi connectivity index (χ3n) is 5.48. The zero-order chi connectivity index (χ0) is 29.2. The minimum atomic E-state index is -1.75. The van der Waals surface area contributed by atoms with Crippen LogP contribution >= 0.6 is 20.1 Å². The average Bonchev–Trinajstić information content (AvgIpc) is 3.34. The van der Waals surface area contributed by atoms with E-state index in [-0.39, 0.29) is 31.3 Å². The van der Waals surface area contributed by atoms with Crippen molar-refractivity contribution in [1.82, 2.24) is 29.4 Å². The lowest BCUT2D eigenvalue weighted by molar-refractivity contribution is -0.144. The van der Waals surface area contributed by atoms with Crippen molar-refractivity contribution in [2.75, 3.05) is 37.7 Å². The highest BCUT2D eigenvalue weighted by Crippen LogP contribution is 2.37. The maximum absolute atomic E-state index is 12.2. The number of hydrazine groups is 1. The lowest BCUT2D eigenvalue weighted by atomic mass is 10.1. The molecule has 3 aromatic rings. The third-order valence-corrected chi connectivity index (χ3v) is 7.48. The summed E-state index contributed by atoms with van der Waals surface area (Å²) in [4.78, 5) is 27.7. The number of benzene rings is 1. The van der Waals surface area contributed by atoms with Gasteiger partial charge in [-0.3, -0.25) is 10.2 Å². The van der Waals surface area contributed by atoms with E-state index in [1.807, 2.05) is 11.5 Å². The molecule has 0 bridgehead atoms. The molecule has 40 heavy (non-hydrogen) atoms. The highest BCUT2D eigenvalue weighted by atomic mass is 35.5. The molecule has 0 saturated carbocycles. The van der Waals surface area contributed by atoms with E-state index in [4.69, 9.17) is 35.9 Å². The van der Waals surface area contributed by atoms with Crippen LogP contribution in [0.4, 0.5) is 11.8 Å². The first kappa shape index (κ1) is 31.9. The second kappa shape index (κ2) is 15.4. The van der Waals surface area contributed by atoms with Gasteiger partial charge in [0.25, 0.3) is 0 Å². The summed E-state index contributed by atoms with van der Waals surface area (Å²) in [5, 5.41) is 3.63. The van der Waals surface area contributed by atoms with E-state index in [0.29, 0.717) is 34.2 Å². The molecule has 0 spiro atoms. The quantitative estimate of drug-likeness (QED) is 0.105. The number of carbonyl (C=O) groups is 1. The molecule has 2 aromatic heterocycles. The molecule has 0 aliphatic heterocycles. The van der Waals surface area contributed by atoms with Crippen LogP contribution in [-0.4, -0.2) is 68.4 Å². The monoisotopic (exact) mass is 616 g/mol. The van der Waals surface area contributed by atoms with Crippen molar-refractivity contribution in [3.05, 3.63) is 35.6 Å². The van der Waals surface area contributed by atoms with Gasteiger partial charge in [0.1, 0.15) is 22.8 Å². The Morgan fingerprint density at radius 3 is 2.62 bits per heavy atom. The lowest BCUT2D eigenvalue weighted by Crippen LogP contribution is -2.34. The summed E-state index contributed by atoms with van der Waals surface area (Å²) < 4.78 is 36.1. The van der Waals surface area contributed by atoms with Crippen molar-refractivity contribution in [3.63, 3.8) is 0 Å². The molecule has 3 rings (SSSR count). The molecule has 17 heteroatoms. The predicted octanol–water partition coefficient (Wildman–Crippen LogP) is 3.10. The summed E-state index contributed by atoms with van der Waals surface area (Å²) in [7, 11) is -1.50. The van der Waals surface area contributed by atoms with Gasteiger partial charge in [-0.25, -0.2) is 14.3 Å². The van der Waals surface area contributed by atoms with Crippen LogP contribution < -0.4 is 25.6 Å². The van der Waals surface area contributed by atoms with Gasteiger partial charge in [-0.15, -0.1) is 0 Å². The Kier molecular flexibility index (Phi) is 12.3. The fourth-order valence-electron chi connectivity index (χ4n) is 3.50. The standard InChI is InChI=1S/C23H34ClN8O6PS/c1-6-36-22(33)15(3)30-39(38-17-9-7-16(24)8-10-17)37-12-18(35-4)11-14(2)32-13-26-19-20(29-31-40(5)34)27-23(25)28-21(19)32/h7-10,13-15,18,30-31H,6,11-12H2,1-5H3,(H3,25,27,28,29). The SMILES string of the molecule is CCOC(=O)C(C)NP(OCC(CC(C)n1cnc2c(NNS(C)=O)nc(N)nc21)OC)Oc1ccc(Cl)cc1. The summed E-state index contributed by atoms with van der Waals surface area (Å²) in [6.45, 7) is 5.81. The minimum Gasteiger partial charge on any atom is -0.465 e. The molecule has 5 unspecified atom stereocenters. The van der Waals surface area contributed by atoms with Gasteiger partial charge in [0.2, 0.25) is 5.95 Å². The number of imidazole rings is 1. The Bertz CT molecular complexity index is 1290. The first-order valence-electron chi connectivity index (χ1n) is 12.3. The van der Waals surface area contributed by atoms with E-state index in [1.165, 1.54) is 6.26 Å². The summed E-state index contributed by atoms with van der Waals surface area (Å²) in [6.07, 6.45) is 3.27. The fourth-order valence-corrected chi connectivity index (χ4v) is 5.08. The molecular weight excluding hydrogens is 583 g/mol. The van der Waals surface area contributed by atoms with Gasteiger partial charge in [0.05, 0.1) is 25.6 Å². The molecular formula is C23H34ClN8O6PS. The number of methoxy groups -OCH3 is 1. The van der Waals surface area contributed by atoms with Crippen molar-refractivity contribution in [2.24, 2.45) is 0 Å². The molecule has 5 N–H and O–H groups in total. The summed E-state index contributed by atoms with van der Waals surface area (Å²) >= 11 is 5.99. The molecule has 0 radical (unpaired) electrons.